The van der Waals surface area contributed by atoms with Gasteiger partial charge in [0, 0.05) is 38.8 Å². The minimum absolute atomic E-state index is 0.387. The molecule has 2 unspecified atom stereocenters. The van der Waals surface area contributed by atoms with E-state index in [0.29, 0.717) is 12.1 Å². The van der Waals surface area contributed by atoms with Gasteiger partial charge in [0.25, 0.3) is 0 Å². The van der Waals surface area contributed by atoms with Crippen molar-refractivity contribution in [2.24, 2.45) is 0 Å². The summed E-state index contributed by atoms with van der Waals surface area (Å²) in [5.41, 5.74) is 2.73. The van der Waals surface area contributed by atoms with E-state index in [1.807, 2.05) is 0 Å². The summed E-state index contributed by atoms with van der Waals surface area (Å²) in [4.78, 5) is 2.53. The lowest BCUT2D eigenvalue weighted by molar-refractivity contribution is 0.0861. The summed E-state index contributed by atoms with van der Waals surface area (Å²) < 4.78 is 5.31. The van der Waals surface area contributed by atoms with E-state index in [0.717, 1.165) is 26.2 Å². The average Bonchev–Trinajstić information content (AvgIpc) is 2.61. The Bertz CT molecular complexity index is 558. The van der Waals surface area contributed by atoms with Gasteiger partial charge in [-0.3, -0.25) is 4.90 Å². The third-order valence-corrected chi connectivity index (χ3v) is 4.38. The minimum atomic E-state index is 0.387. The first kappa shape index (κ1) is 15.2. The number of methoxy groups -OCH3 is 1. The molecule has 116 valence electrons. The van der Waals surface area contributed by atoms with Crippen molar-refractivity contribution in [2.75, 3.05) is 33.4 Å². The average molecular weight is 296 g/mol. The predicted molar refractivity (Wildman–Crippen MR) is 89.8 cm³/mol. The highest BCUT2D eigenvalue weighted by Gasteiger charge is 2.29. The van der Waals surface area contributed by atoms with Crippen LogP contribution in [0.25, 0.3) is 0 Å². The molecule has 3 heteroatoms. The van der Waals surface area contributed by atoms with Crippen LogP contribution in [0.1, 0.15) is 23.2 Å². The Morgan fingerprint density at radius 1 is 1.00 bits per heavy atom. The smallest absolute Gasteiger partial charge is 0.0589 e. The van der Waals surface area contributed by atoms with E-state index in [4.69, 9.17) is 4.74 Å². The van der Waals surface area contributed by atoms with Gasteiger partial charge in [0.2, 0.25) is 0 Å². The summed E-state index contributed by atoms with van der Waals surface area (Å²) in [5, 5.41) is 3.71. The molecule has 1 aliphatic rings. The van der Waals surface area contributed by atoms with Gasteiger partial charge in [-0.1, -0.05) is 60.7 Å². The first-order valence-electron chi connectivity index (χ1n) is 7.95. The third kappa shape index (κ3) is 3.55. The molecule has 22 heavy (non-hydrogen) atoms. The maximum Gasteiger partial charge on any atom is 0.0589 e. The minimum Gasteiger partial charge on any atom is -0.383 e. The van der Waals surface area contributed by atoms with Gasteiger partial charge < -0.3 is 10.1 Å². The molecule has 0 spiro atoms. The lowest BCUT2D eigenvalue weighted by atomic mass is 9.97. The van der Waals surface area contributed by atoms with Crippen LogP contribution < -0.4 is 5.32 Å². The summed E-state index contributed by atoms with van der Waals surface area (Å²) in [5.74, 6) is 0. The molecule has 0 amide bonds. The standard InChI is InChI=1S/C19H24N2O/c1-22-13-12-21-15-18(16-8-4-2-5-9-16)20-14-19(21)17-10-6-3-7-11-17/h2-11,18-20H,12-15H2,1H3. The maximum absolute atomic E-state index is 5.31. The van der Waals surface area contributed by atoms with E-state index in [1.165, 1.54) is 11.1 Å². The van der Waals surface area contributed by atoms with Crippen LogP contribution in [-0.4, -0.2) is 38.3 Å². The van der Waals surface area contributed by atoms with E-state index in [-0.39, 0.29) is 0 Å². The van der Waals surface area contributed by atoms with Crippen LogP contribution in [0.15, 0.2) is 60.7 Å². The van der Waals surface area contributed by atoms with Crippen LogP contribution >= 0.6 is 0 Å². The van der Waals surface area contributed by atoms with Crippen LogP contribution in [0.3, 0.4) is 0 Å². The first-order chi connectivity index (χ1) is 10.9. The van der Waals surface area contributed by atoms with Gasteiger partial charge in [-0.05, 0) is 11.1 Å². The summed E-state index contributed by atoms with van der Waals surface area (Å²) >= 11 is 0. The molecule has 1 fully saturated rings. The number of nitrogens with one attached hydrogen (secondary N) is 1. The Morgan fingerprint density at radius 3 is 2.27 bits per heavy atom. The van der Waals surface area contributed by atoms with Gasteiger partial charge in [-0.2, -0.15) is 0 Å². The Balaban J connectivity index is 1.76. The summed E-state index contributed by atoms with van der Waals surface area (Å²) in [7, 11) is 1.77. The van der Waals surface area contributed by atoms with Crippen molar-refractivity contribution in [3.8, 4) is 0 Å². The zero-order valence-corrected chi connectivity index (χ0v) is 13.1. The molecule has 1 heterocycles. The van der Waals surface area contributed by atoms with Gasteiger partial charge in [-0.15, -0.1) is 0 Å². The molecule has 0 saturated carbocycles. The second-order valence-electron chi connectivity index (χ2n) is 5.79. The molecule has 2 aromatic carbocycles. The quantitative estimate of drug-likeness (QED) is 0.918. The SMILES string of the molecule is COCCN1CC(c2ccccc2)NCC1c1ccccc1. The Morgan fingerprint density at radius 2 is 1.64 bits per heavy atom. The van der Waals surface area contributed by atoms with E-state index >= 15 is 0 Å². The topological polar surface area (TPSA) is 24.5 Å². The van der Waals surface area contributed by atoms with Crippen LogP contribution in [0.5, 0.6) is 0 Å². The number of ether oxygens (including phenoxy) is 1. The van der Waals surface area contributed by atoms with Crippen LogP contribution in [-0.2, 0) is 4.74 Å². The molecule has 2 atom stereocenters. The van der Waals surface area contributed by atoms with Crippen molar-refractivity contribution in [1.82, 2.24) is 10.2 Å². The molecule has 0 aromatic heterocycles. The van der Waals surface area contributed by atoms with Crippen LogP contribution in [0.2, 0.25) is 0 Å². The number of benzene rings is 2. The fourth-order valence-corrected chi connectivity index (χ4v) is 3.18. The number of hydrogen-bond acceptors (Lipinski definition) is 3. The molecule has 2 aromatic rings. The van der Waals surface area contributed by atoms with Gasteiger partial charge in [0.15, 0.2) is 0 Å². The van der Waals surface area contributed by atoms with E-state index in [9.17, 15) is 0 Å². The normalized spacial score (nSPS) is 22.6. The lowest BCUT2D eigenvalue weighted by Crippen LogP contribution is -2.48. The largest absolute Gasteiger partial charge is 0.383 e. The van der Waals surface area contributed by atoms with Crippen LogP contribution in [0, 0.1) is 0 Å². The number of piperazine rings is 1. The molecule has 3 rings (SSSR count). The molecule has 1 saturated heterocycles. The summed E-state index contributed by atoms with van der Waals surface area (Å²) in [6, 6.07) is 22.2. The monoisotopic (exact) mass is 296 g/mol. The molecule has 1 aliphatic heterocycles. The lowest BCUT2D eigenvalue weighted by Gasteiger charge is -2.40. The fraction of sp³-hybridized carbons (Fsp3) is 0.368. The molecule has 0 radical (unpaired) electrons. The number of rotatable bonds is 5. The van der Waals surface area contributed by atoms with Crippen molar-refractivity contribution in [3.63, 3.8) is 0 Å². The van der Waals surface area contributed by atoms with Crippen molar-refractivity contribution in [3.05, 3.63) is 71.8 Å². The second kappa shape index (κ2) is 7.54. The summed E-state index contributed by atoms with van der Waals surface area (Å²) in [6.45, 7) is 3.70. The second-order valence-corrected chi connectivity index (χ2v) is 5.79. The van der Waals surface area contributed by atoms with Crippen LogP contribution in [0.4, 0.5) is 0 Å². The molecular weight excluding hydrogens is 272 g/mol. The Hall–Kier alpha value is -1.68. The van der Waals surface area contributed by atoms with Crippen molar-refractivity contribution >= 4 is 0 Å². The highest BCUT2D eigenvalue weighted by molar-refractivity contribution is 5.24. The van der Waals surface area contributed by atoms with E-state index < -0.39 is 0 Å². The van der Waals surface area contributed by atoms with Gasteiger partial charge in [0.05, 0.1) is 6.61 Å². The fourth-order valence-electron chi connectivity index (χ4n) is 3.18. The van der Waals surface area contributed by atoms with Crippen molar-refractivity contribution in [1.29, 1.82) is 0 Å². The highest BCUT2D eigenvalue weighted by Crippen LogP contribution is 2.28. The number of hydrogen-bond donors (Lipinski definition) is 1. The Kier molecular flexibility index (Phi) is 5.22. The van der Waals surface area contributed by atoms with E-state index in [2.05, 4.69) is 70.9 Å². The third-order valence-electron chi connectivity index (χ3n) is 4.38. The first-order valence-corrected chi connectivity index (χ1v) is 7.95. The zero-order valence-electron chi connectivity index (χ0n) is 13.1. The zero-order chi connectivity index (χ0) is 15.2. The van der Waals surface area contributed by atoms with Crippen molar-refractivity contribution in [2.45, 2.75) is 12.1 Å². The van der Waals surface area contributed by atoms with E-state index in [1.54, 1.807) is 7.11 Å². The molecule has 1 N–H and O–H groups in total. The summed E-state index contributed by atoms with van der Waals surface area (Å²) in [6.07, 6.45) is 0. The maximum atomic E-state index is 5.31. The molecule has 0 aliphatic carbocycles. The predicted octanol–water partition coefficient (Wildman–Crippen LogP) is 3.02. The molecular formula is C19H24N2O. The number of nitrogens with zero attached hydrogens (tertiary/aromatic N) is 1. The van der Waals surface area contributed by atoms with Gasteiger partial charge in [-0.25, -0.2) is 0 Å². The van der Waals surface area contributed by atoms with Gasteiger partial charge >= 0.3 is 0 Å². The Labute approximate surface area is 132 Å². The molecule has 0 bridgehead atoms. The van der Waals surface area contributed by atoms with Gasteiger partial charge in [0.1, 0.15) is 0 Å². The van der Waals surface area contributed by atoms with Crippen molar-refractivity contribution < 1.29 is 4.74 Å². The highest BCUT2D eigenvalue weighted by atomic mass is 16.5. The molecule has 3 nitrogen and oxygen atoms in total.